The lowest BCUT2D eigenvalue weighted by Gasteiger charge is -2.19. The average Bonchev–Trinajstić information content (AvgIpc) is 3.24. The van der Waals surface area contributed by atoms with Gasteiger partial charge in [0.05, 0.1) is 30.6 Å². The van der Waals surface area contributed by atoms with Crippen LogP contribution in [0.2, 0.25) is 0 Å². The van der Waals surface area contributed by atoms with E-state index in [4.69, 9.17) is 14.0 Å². The minimum absolute atomic E-state index is 0.0900. The zero-order chi connectivity index (χ0) is 22.3. The number of ether oxygens (including phenoxy) is 2. The Morgan fingerprint density at radius 2 is 1.91 bits per heavy atom. The lowest BCUT2D eigenvalue weighted by atomic mass is 10.2. The number of fused-ring (bicyclic) bond motifs is 1. The molecule has 0 unspecified atom stereocenters. The third kappa shape index (κ3) is 5.54. The van der Waals surface area contributed by atoms with E-state index in [-0.39, 0.29) is 18.0 Å². The number of nitrogens with zero attached hydrogens (tertiary/aromatic N) is 4. The summed E-state index contributed by atoms with van der Waals surface area (Å²) in [6, 6.07) is 12.9. The molecule has 0 saturated carbocycles. The summed E-state index contributed by atoms with van der Waals surface area (Å²) in [5.41, 5.74) is 0.450. The molecule has 0 aliphatic heterocycles. The summed E-state index contributed by atoms with van der Waals surface area (Å²) in [5, 5.41) is 4.47. The minimum Gasteiger partial charge on any atom is -0.485 e. The van der Waals surface area contributed by atoms with Gasteiger partial charge < -0.3 is 19.0 Å². The number of hydrogen-bond donors (Lipinski definition) is 1. The Bertz CT molecular complexity index is 1220. The molecule has 4 rings (SSSR count). The normalized spacial score (nSPS) is 11.3. The molecule has 0 aliphatic carbocycles. The molecule has 0 atom stereocenters. The van der Waals surface area contributed by atoms with Crippen LogP contribution in [0.5, 0.6) is 5.75 Å². The molecular formula is C22H22FN5O4. The number of aromatic amines is 1. The summed E-state index contributed by atoms with van der Waals surface area (Å²) in [5.74, 6) is 1.46. The Labute approximate surface area is 182 Å². The minimum atomic E-state index is -0.336. The number of nitrogens with one attached hydrogen (secondary N) is 1. The maximum Gasteiger partial charge on any atom is 0.258 e. The van der Waals surface area contributed by atoms with E-state index in [0.717, 1.165) is 0 Å². The lowest BCUT2D eigenvalue weighted by Crippen LogP contribution is -2.29. The van der Waals surface area contributed by atoms with E-state index in [0.29, 0.717) is 60.4 Å². The molecular weight excluding hydrogens is 417 g/mol. The first-order valence-corrected chi connectivity index (χ1v) is 10.00. The molecule has 2 aromatic carbocycles. The first-order chi connectivity index (χ1) is 15.6. The number of halogens is 1. The summed E-state index contributed by atoms with van der Waals surface area (Å²) in [7, 11) is 1.62. The number of methoxy groups -OCH3 is 1. The molecule has 166 valence electrons. The summed E-state index contributed by atoms with van der Waals surface area (Å²) in [6.07, 6.45) is 0. The Balaban J connectivity index is 1.42. The molecule has 0 aliphatic rings. The fourth-order valence-electron chi connectivity index (χ4n) is 3.14. The highest BCUT2D eigenvalue weighted by Gasteiger charge is 2.15. The van der Waals surface area contributed by atoms with Crippen molar-refractivity contribution in [2.75, 3.05) is 20.3 Å². The van der Waals surface area contributed by atoms with Crippen LogP contribution in [0.3, 0.4) is 0 Å². The SMILES string of the molecule is COCCN(Cc1nc2ccccc2c(=O)[nH]1)Cc1nc(COc2ccc(F)cc2)no1. The number of aromatic nitrogens is 4. The number of rotatable bonds is 10. The van der Waals surface area contributed by atoms with Crippen molar-refractivity contribution in [1.82, 2.24) is 25.0 Å². The molecule has 0 amide bonds. The Morgan fingerprint density at radius 1 is 1.09 bits per heavy atom. The highest BCUT2D eigenvalue weighted by atomic mass is 19.1. The summed E-state index contributed by atoms with van der Waals surface area (Å²) >= 11 is 0. The van der Waals surface area contributed by atoms with Gasteiger partial charge in [-0.3, -0.25) is 9.69 Å². The van der Waals surface area contributed by atoms with Crippen LogP contribution < -0.4 is 10.3 Å². The summed E-state index contributed by atoms with van der Waals surface area (Å²) in [6.45, 7) is 1.84. The van der Waals surface area contributed by atoms with Crippen LogP contribution in [-0.4, -0.2) is 45.3 Å². The molecule has 0 bridgehead atoms. The molecule has 1 N–H and O–H groups in total. The molecule has 0 radical (unpaired) electrons. The molecule has 0 fully saturated rings. The van der Waals surface area contributed by atoms with Crippen molar-refractivity contribution in [1.29, 1.82) is 0 Å². The van der Waals surface area contributed by atoms with Gasteiger partial charge in [-0.1, -0.05) is 17.3 Å². The fraction of sp³-hybridized carbons (Fsp3) is 0.273. The molecule has 2 heterocycles. The second kappa shape index (κ2) is 10.1. The molecule has 0 saturated heterocycles. The average molecular weight is 439 g/mol. The molecule has 2 aromatic heterocycles. The van der Waals surface area contributed by atoms with Crippen molar-refractivity contribution in [3.63, 3.8) is 0 Å². The lowest BCUT2D eigenvalue weighted by molar-refractivity contribution is 0.129. The van der Waals surface area contributed by atoms with Gasteiger partial charge in [-0.15, -0.1) is 0 Å². The Kier molecular flexibility index (Phi) is 6.83. The van der Waals surface area contributed by atoms with E-state index >= 15 is 0 Å². The van der Waals surface area contributed by atoms with Crippen molar-refractivity contribution in [3.8, 4) is 5.75 Å². The third-order valence-electron chi connectivity index (χ3n) is 4.70. The second-order valence-electron chi connectivity index (χ2n) is 7.08. The van der Waals surface area contributed by atoms with Crippen LogP contribution in [0.4, 0.5) is 4.39 Å². The number of para-hydroxylation sites is 1. The van der Waals surface area contributed by atoms with Gasteiger partial charge in [-0.2, -0.15) is 4.98 Å². The molecule has 10 heteroatoms. The van der Waals surface area contributed by atoms with Gasteiger partial charge in [0.25, 0.3) is 5.56 Å². The van der Waals surface area contributed by atoms with Crippen molar-refractivity contribution in [3.05, 3.63) is 82.2 Å². The van der Waals surface area contributed by atoms with Crippen LogP contribution in [0.1, 0.15) is 17.5 Å². The molecule has 4 aromatic rings. The first-order valence-electron chi connectivity index (χ1n) is 10.00. The van der Waals surface area contributed by atoms with Gasteiger partial charge in [0.15, 0.2) is 6.61 Å². The van der Waals surface area contributed by atoms with E-state index < -0.39 is 0 Å². The number of benzene rings is 2. The van der Waals surface area contributed by atoms with Gasteiger partial charge in [0, 0.05) is 13.7 Å². The topological polar surface area (TPSA) is 106 Å². The Morgan fingerprint density at radius 3 is 2.72 bits per heavy atom. The van der Waals surface area contributed by atoms with Crippen LogP contribution in [0.25, 0.3) is 10.9 Å². The number of H-pyrrole nitrogens is 1. The van der Waals surface area contributed by atoms with E-state index in [2.05, 4.69) is 20.1 Å². The maximum atomic E-state index is 13.0. The highest BCUT2D eigenvalue weighted by Crippen LogP contribution is 2.13. The van der Waals surface area contributed by atoms with E-state index in [1.807, 2.05) is 11.0 Å². The van der Waals surface area contributed by atoms with Crippen LogP contribution in [0, 0.1) is 5.82 Å². The van der Waals surface area contributed by atoms with Crippen LogP contribution >= 0.6 is 0 Å². The molecule has 9 nitrogen and oxygen atoms in total. The number of hydrogen-bond acceptors (Lipinski definition) is 8. The zero-order valence-electron chi connectivity index (χ0n) is 17.5. The van der Waals surface area contributed by atoms with Gasteiger partial charge in [0.1, 0.15) is 17.4 Å². The predicted octanol–water partition coefficient (Wildman–Crippen LogP) is 2.67. The standard InChI is InChI=1S/C22H22FN5O4/c1-30-11-10-28(12-19-24-18-5-3-2-4-17(18)22(29)26-19)13-21-25-20(27-32-21)14-31-16-8-6-15(23)7-9-16/h2-9H,10-14H2,1H3,(H,24,26,29). The van der Waals surface area contributed by atoms with E-state index in [9.17, 15) is 9.18 Å². The zero-order valence-corrected chi connectivity index (χ0v) is 17.5. The van der Waals surface area contributed by atoms with Crippen LogP contribution in [-0.2, 0) is 24.4 Å². The third-order valence-corrected chi connectivity index (χ3v) is 4.70. The van der Waals surface area contributed by atoms with Crippen molar-refractivity contribution < 1.29 is 18.4 Å². The Hall–Kier alpha value is -3.63. The van der Waals surface area contributed by atoms with Crippen molar-refractivity contribution >= 4 is 10.9 Å². The molecule has 32 heavy (non-hydrogen) atoms. The van der Waals surface area contributed by atoms with Gasteiger partial charge in [0.2, 0.25) is 11.7 Å². The smallest absolute Gasteiger partial charge is 0.258 e. The molecule has 0 spiro atoms. The van der Waals surface area contributed by atoms with Gasteiger partial charge >= 0.3 is 0 Å². The quantitative estimate of drug-likeness (QED) is 0.402. The summed E-state index contributed by atoms with van der Waals surface area (Å²) in [4.78, 5) is 26.1. The highest BCUT2D eigenvalue weighted by molar-refractivity contribution is 5.77. The van der Waals surface area contributed by atoms with E-state index in [1.165, 1.54) is 24.3 Å². The predicted molar refractivity (Wildman–Crippen MR) is 113 cm³/mol. The van der Waals surface area contributed by atoms with Gasteiger partial charge in [-0.25, -0.2) is 9.37 Å². The maximum absolute atomic E-state index is 13.0. The fourth-order valence-corrected chi connectivity index (χ4v) is 3.14. The monoisotopic (exact) mass is 439 g/mol. The largest absolute Gasteiger partial charge is 0.485 e. The first kappa shape index (κ1) is 21.6. The van der Waals surface area contributed by atoms with Crippen molar-refractivity contribution in [2.45, 2.75) is 19.7 Å². The van der Waals surface area contributed by atoms with Gasteiger partial charge in [-0.05, 0) is 36.4 Å². The van der Waals surface area contributed by atoms with Crippen LogP contribution in [0.15, 0.2) is 57.8 Å². The van der Waals surface area contributed by atoms with Crippen molar-refractivity contribution in [2.24, 2.45) is 0 Å². The second-order valence-corrected chi connectivity index (χ2v) is 7.08. The summed E-state index contributed by atoms with van der Waals surface area (Å²) < 4.78 is 29.1. The van der Waals surface area contributed by atoms with E-state index in [1.54, 1.807) is 25.3 Å².